The lowest BCUT2D eigenvalue weighted by molar-refractivity contribution is 0.198. The maximum absolute atomic E-state index is 9.75. The zero-order chi connectivity index (χ0) is 19.8. The van der Waals surface area contributed by atoms with Gasteiger partial charge in [0.15, 0.2) is 11.2 Å². The molecule has 4 N–H and O–H groups in total. The van der Waals surface area contributed by atoms with Crippen LogP contribution in [0.25, 0.3) is 16.9 Å². The Morgan fingerprint density at radius 2 is 1.79 bits per heavy atom. The van der Waals surface area contributed by atoms with Crippen LogP contribution in [0.1, 0.15) is 32.1 Å². The van der Waals surface area contributed by atoms with Gasteiger partial charge in [-0.2, -0.15) is 9.67 Å². The second-order valence-corrected chi connectivity index (χ2v) is 8.06. The number of fused-ring (bicyclic) bond motifs is 1. The molecule has 0 radical (unpaired) electrons. The Balaban J connectivity index is 1.37. The Morgan fingerprint density at radius 3 is 2.52 bits per heavy atom. The van der Waals surface area contributed by atoms with Crippen molar-refractivity contribution < 1.29 is 5.11 Å². The third-order valence-electron chi connectivity index (χ3n) is 5.92. The predicted octanol–water partition coefficient (Wildman–Crippen LogP) is 1.46. The summed E-state index contributed by atoms with van der Waals surface area (Å²) in [7, 11) is 0. The van der Waals surface area contributed by atoms with Crippen molar-refractivity contribution in [3.05, 3.63) is 30.5 Å². The number of nitrogens with zero attached hydrogens (tertiary/aromatic N) is 6. The van der Waals surface area contributed by atoms with Gasteiger partial charge in [-0.25, -0.2) is 4.98 Å². The second-order valence-electron chi connectivity index (χ2n) is 8.06. The third kappa shape index (κ3) is 3.75. The highest BCUT2D eigenvalue weighted by molar-refractivity contribution is 5.72. The Hall–Kier alpha value is -2.78. The molecule has 5 rings (SSSR count). The molecular formula is C20H26N8O. The van der Waals surface area contributed by atoms with Gasteiger partial charge in [0.2, 0.25) is 5.95 Å². The summed E-state index contributed by atoms with van der Waals surface area (Å²) < 4.78 is 1.74. The van der Waals surface area contributed by atoms with E-state index in [0.29, 0.717) is 35.7 Å². The summed E-state index contributed by atoms with van der Waals surface area (Å²) >= 11 is 0. The molecule has 9 nitrogen and oxygen atoms in total. The van der Waals surface area contributed by atoms with Gasteiger partial charge >= 0.3 is 0 Å². The van der Waals surface area contributed by atoms with E-state index in [0.717, 1.165) is 50.0 Å². The first-order valence-corrected chi connectivity index (χ1v) is 10.3. The lowest BCUT2D eigenvalue weighted by Crippen LogP contribution is -2.33. The fourth-order valence-corrected chi connectivity index (χ4v) is 4.20. The predicted molar refractivity (Wildman–Crippen MR) is 111 cm³/mol. The van der Waals surface area contributed by atoms with Crippen LogP contribution in [0, 0.1) is 0 Å². The number of anilines is 2. The second kappa shape index (κ2) is 7.57. The number of nitrogens with two attached hydrogens (primary N) is 1. The van der Waals surface area contributed by atoms with Crippen LogP contribution in [0.5, 0.6) is 0 Å². The molecule has 1 saturated heterocycles. The van der Waals surface area contributed by atoms with Crippen molar-refractivity contribution in [1.29, 1.82) is 0 Å². The first-order valence-electron chi connectivity index (χ1n) is 10.3. The number of rotatable bonds is 4. The van der Waals surface area contributed by atoms with Crippen molar-refractivity contribution in [2.24, 2.45) is 5.73 Å². The van der Waals surface area contributed by atoms with E-state index in [1.165, 1.54) is 0 Å². The highest BCUT2D eigenvalue weighted by atomic mass is 16.3. The van der Waals surface area contributed by atoms with E-state index >= 15 is 0 Å². The highest BCUT2D eigenvalue weighted by Gasteiger charge is 2.21. The molecule has 0 amide bonds. The zero-order valence-electron chi connectivity index (χ0n) is 16.3. The first kappa shape index (κ1) is 18.3. The zero-order valence-corrected chi connectivity index (χ0v) is 16.3. The van der Waals surface area contributed by atoms with Crippen LogP contribution < -0.4 is 16.0 Å². The average molecular weight is 394 g/mol. The molecular weight excluding hydrogens is 368 g/mol. The van der Waals surface area contributed by atoms with Gasteiger partial charge in [0.25, 0.3) is 0 Å². The summed E-state index contributed by atoms with van der Waals surface area (Å²) in [4.78, 5) is 11.3. The van der Waals surface area contributed by atoms with Crippen molar-refractivity contribution in [3.8, 4) is 5.69 Å². The SMILES string of the molecule is NC1CCC(Nc2ncc3nnn(-c4ccc(N5CC[C@@H](O)C5)cc4)c3n2)CC1. The van der Waals surface area contributed by atoms with Crippen molar-refractivity contribution in [2.45, 2.75) is 50.3 Å². The van der Waals surface area contributed by atoms with Crippen molar-refractivity contribution >= 4 is 22.8 Å². The quantitative estimate of drug-likeness (QED) is 0.609. The minimum Gasteiger partial charge on any atom is -0.391 e. The first-order chi connectivity index (χ1) is 14.2. The molecule has 29 heavy (non-hydrogen) atoms. The van der Waals surface area contributed by atoms with E-state index in [2.05, 4.69) is 30.5 Å². The number of aromatic nitrogens is 5. The number of hydrogen-bond donors (Lipinski definition) is 3. The number of benzene rings is 1. The molecule has 1 aliphatic carbocycles. The largest absolute Gasteiger partial charge is 0.391 e. The Morgan fingerprint density at radius 1 is 1.03 bits per heavy atom. The molecule has 1 aromatic carbocycles. The minimum atomic E-state index is -0.239. The molecule has 0 spiro atoms. The molecule has 0 bridgehead atoms. The fourth-order valence-electron chi connectivity index (χ4n) is 4.20. The van der Waals surface area contributed by atoms with Crippen LogP contribution >= 0.6 is 0 Å². The summed E-state index contributed by atoms with van der Waals surface area (Å²) in [6, 6.07) is 8.78. The molecule has 0 unspecified atom stereocenters. The average Bonchev–Trinajstić information content (AvgIpc) is 3.36. The lowest BCUT2D eigenvalue weighted by Gasteiger charge is -2.26. The number of β-amino-alcohol motifs (C(OH)–C–C–N with tert-alkyl or cyclic N) is 1. The summed E-state index contributed by atoms with van der Waals surface area (Å²) in [6.07, 6.45) is 6.41. The van der Waals surface area contributed by atoms with E-state index in [1.54, 1.807) is 10.9 Å². The molecule has 2 fully saturated rings. The molecule has 2 aliphatic rings. The molecule has 3 heterocycles. The fraction of sp³-hybridized carbons (Fsp3) is 0.500. The van der Waals surface area contributed by atoms with Crippen LogP contribution in [0.2, 0.25) is 0 Å². The van der Waals surface area contributed by atoms with Gasteiger partial charge in [-0.1, -0.05) is 5.21 Å². The minimum absolute atomic E-state index is 0.239. The number of nitrogens with one attached hydrogen (secondary N) is 1. The number of hydrogen-bond acceptors (Lipinski definition) is 8. The molecule has 1 aliphatic heterocycles. The van der Waals surface area contributed by atoms with Crippen molar-refractivity contribution in [2.75, 3.05) is 23.3 Å². The Labute approximate surface area is 168 Å². The van der Waals surface area contributed by atoms with Crippen molar-refractivity contribution in [1.82, 2.24) is 25.0 Å². The van der Waals surface area contributed by atoms with Crippen LogP contribution in [0.15, 0.2) is 30.5 Å². The van der Waals surface area contributed by atoms with Crippen LogP contribution in [-0.4, -0.2) is 61.3 Å². The van der Waals surface area contributed by atoms with Crippen molar-refractivity contribution in [3.63, 3.8) is 0 Å². The molecule has 152 valence electrons. The molecule has 3 aromatic rings. The highest BCUT2D eigenvalue weighted by Crippen LogP contribution is 2.24. The van der Waals surface area contributed by atoms with E-state index < -0.39 is 0 Å². The Bertz CT molecular complexity index is 980. The normalized spacial score (nSPS) is 24.9. The van der Waals surface area contributed by atoms with Gasteiger partial charge in [0.05, 0.1) is 18.0 Å². The monoisotopic (exact) mass is 394 g/mol. The van der Waals surface area contributed by atoms with E-state index in [4.69, 9.17) is 5.73 Å². The molecule has 9 heteroatoms. The van der Waals surface area contributed by atoms with Gasteiger partial charge in [0.1, 0.15) is 0 Å². The molecule has 1 saturated carbocycles. The van der Waals surface area contributed by atoms with Gasteiger partial charge in [-0.3, -0.25) is 0 Å². The third-order valence-corrected chi connectivity index (χ3v) is 5.92. The summed E-state index contributed by atoms with van der Waals surface area (Å²) in [6.45, 7) is 1.56. The van der Waals surface area contributed by atoms with Crippen LogP contribution in [0.4, 0.5) is 11.6 Å². The van der Waals surface area contributed by atoms with Crippen LogP contribution in [-0.2, 0) is 0 Å². The summed E-state index contributed by atoms with van der Waals surface area (Å²) in [5, 5.41) is 21.7. The van der Waals surface area contributed by atoms with Gasteiger partial charge < -0.3 is 21.1 Å². The smallest absolute Gasteiger partial charge is 0.225 e. The summed E-state index contributed by atoms with van der Waals surface area (Å²) in [5.74, 6) is 0.601. The van der Waals surface area contributed by atoms with E-state index in [-0.39, 0.29) is 6.10 Å². The van der Waals surface area contributed by atoms with E-state index in [9.17, 15) is 5.11 Å². The van der Waals surface area contributed by atoms with E-state index in [1.807, 2.05) is 24.3 Å². The maximum Gasteiger partial charge on any atom is 0.225 e. The van der Waals surface area contributed by atoms with Gasteiger partial charge in [-0.15, -0.1) is 5.10 Å². The Kier molecular flexibility index (Phi) is 4.76. The van der Waals surface area contributed by atoms with Gasteiger partial charge in [0, 0.05) is 30.9 Å². The maximum atomic E-state index is 9.75. The summed E-state index contributed by atoms with van der Waals surface area (Å²) in [5.41, 5.74) is 9.33. The standard InChI is InChI=1S/C20H26N8O/c21-13-1-3-14(4-2-13)23-20-22-11-18-19(24-20)28(26-25-18)16-7-5-15(6-8-16)27-10-9-17(29)12-27/h5-8,11,13-14,17,29H,1-4,9-10,12,21H2,(H,22,23,24)/t13?,14?,17-/m1/s1. The van der Waals surface area contributed by atoms with Crippen LogP contribution in [0.3, 0.4) is 0 Å². The number of aliphatic hydroxyl groups excluding tert-OH is 1. The lowest BCUT2D eigenvalue weighted by atomic mass is 9.92. The molecule has 2 aromatic heterocycles. The number of aliphatic hydroxyl groups is 1. The molecule has 1 atom stereocenters. The topological polar surface area (TPSA) is 118 Å². The van der Waals surface area contributed by atoms with Gasteiger partial charge in [-0.05, 0) is 56.4 Å².